The number of amides is 1. The van der Waals surface area contributed by atoms with Crippen LogP contribution < -0.4 is 15.0 Å². The molecule has 0 unspecified atom stereocenters. The molecule has 7 heteroatoms. The van der Waals surface area contributed by atoms with Crippen molar-refractivity contribution in [2.45, 2.75) is 0 Å². The lowest BCUT2D eigenvalue weighted by atomic mass is 10.0. The normalized spacial score (nSPS) is 14.9. The molecule has 1 aliphatic heterocycles. The predicted octanol–water partition coefficient (Wildman–Crippen LogP) is 1.50. The molecule has 22 heavy (non-hydrogen) atoms. The molecule has 0 radical (unpaired) electrons. The van der Waals surface area contributed by atoms with Gasteiger partial charge in [0.15, 0.2) is 5.13 Å². The van der Waals surface area contributed by atoms with Crippen LogP contribution in [0.25, 0.3) is 10.2 Å². The Morgan fingerprint density at radius 2 is 2.27 bits per heavy atom. The number of carbonyl (C=O) groups is 1. The molecule has 2 heterocycles. The summed E-state index contributed by atoms with van der Waals surface area (Å²) in [7, 11) is 3.27. The van der Waals surface area contributed by atoms with Crippen molar-refractivity contribution in [3.63, 3.8) is 0 Å². The van der Waals surface area contributed by atoms with Gasteiger partial charge < -0.3 is 19.7 Å². The third-order valence-corrected chi connectivity index (χ3v) is 4.81. The van der Waals surface area contributed by atoms with E-state index < -0.39 is 0 Å². The van der Waals surface area contributed by atoms with Gasteiger partial charge >= 0.3 is 0 Å². The second-order valence-electron chi connectivity index (χ2n) is 5.22. The molecule has 1 amide bonds. The molecule has 0 bridgehead atoms. The molecular formula is C15H19N3O3S. The minimum atomic E-state index is 0.0402. The largest absolute Gasteiger partial charge is 0.497 e. The second kappa shape index (κ2) is 6.50. The first kappa shape index (κ1) is 15.1. The van der Waals surface area contributed by atoms with Crippen LogP contribution in [-0.2, 0) is 9.53 Å². The molecule has 1 fully saturated rings. The van der Waals surface area contributed by atoms with Gasteiger partial charge in [0.1, 0.15) is 5.75 Å². The highest BCUT2D eigenvalue weighted by Crippen LogP contribution is 2.34. The van der Waals surface area contributed by atoms with Crippen LogP contribution in [0.2, 0.25) is 0 Å². The van der Waals surface area contributed by atoms with E-state index in [2.05, 4.69) is 15.2 Å². The lowest BCUT2D eigenvalue weighted by Gasteiger charge is -2.37. The number of ether oxygens (including phenoxy) is 2. The van der Waals surface area contributed by atoms with Crippen LogP contribution in [0.3, 0.4) is 0 Å². The van der Waals surface area contributed by atoms with Crippen LogP contribution in [0, 0.1) is 5.92 Å². The molecule has 0 saturated carbocycles. The van der Waals surface area contributed by atoms with E-state index in [0.717, 1.165) is 34.2 Å². The van der Waals surface area contributed by atoms with E-state index in [9.17, 15) is 4.79 Å². The highest BCUT2D eigenvalue weighted by molar-refractivity contribution is 7.22. The van der Waals surface area contributed by atoms with Crippen LogP contribution in [0.5, 0.6) is 5.75 Å². The van der Waals surface area contributed by atoms with Crippen molar-refractivity contribution in [3.05, 3.63) is 18.2 Å². The Morgan fingerprint density at radius 3 is 3.00 bits per heavy atom. The average Bonchev–Trinajstić information content (AvgIpc) is 2.88. The summed E-state index contributed by atoms with van der Waals surface area (Å²) in [4.78, 5) is 18.7. The van der Waals surface area contributed by atoms with Crippen LogP contribution in [0.4, 0.5) is 5.13 Å². The molecule has 0 aliphatic carbocycles. The Kier molecular flexibility index (Phi) is 4.44. The van der Waals surface area contributed by atoms with Gasteiger partial charge in [-0.15, -0.1) is 0 Å². The van der Waals surface area contributed by atoms with E-state index in [4.69, 9.17) is 9.47 Å². The highest BCUT2D eigenvalue weighted by Gasteiger charge is 2.34. The Balaban J connectivity index is 1.59. The molecule has 1 aliphatic rings. The van der Waals surface area contributed by atoms with E-state index in [1.807, 2.05) is 18.2 Å². The van der Waals surface area contributed by atoms with Gasteiger partial charge in [-0.1, -0.05) is 11.3 Å². The van der Waals surface area contributed by atoms with Crippen molar-refractivity contribution in [2.24, 2.45) is 5.92 Å². The number of anilines is 1. The summed E-state index contributed by atoms with van der Waals surface area (Å²) >= 11 is 1.64. The van der Waals surface area contributed by atoms with E-state index in [1.54, 1.807) is 25.6 Å². The molecule has 118 valence electrons. The number of nitrogens with one attached hydrogen (secondary N) is 1. The van der Waals surface area contributed by atoms with Crippen LogP contribution in [0.15, 0.2) is 18.2 Å². The zero-order valence-electron chi connectivity index (χ0n) is 12.7. The standard InChI is InChI=1S/C15H19N3O3S/c1-20-6-5-16-14(19)10-8-18(9-10)15-17-12-7-11(21-2)3-4-13(12)22-15/h3-4,7,10H,5-6,8-9H2,1-2H3,(H,16,19). The van der Waals surface area contributed by atoms with Crippen molar-refractivity contribution in [1.82, 2.24) is 10.3 Å². The number of hydrogen-bond donors (Lipinski definition) is 1. The van der Waals surface area contributed by atoms with Crippen molar-refractivity contribution >= 4 is 32.6 Å². The highest BCUT2D eigenvalue weighted by atomic mass is 32.1. The second-order valence-corrected chi connectivity index (χ2v) is 6.22. The Hall–Kier alpha value is -1.86. The fourth-order valence-electron chi connectivity index (χ4n) is 2.38. The van der Waals surface area contributed by atoms with Gasteiger partial charge in [0.2, 0.25) is 5.91 Å². The van der Waals surface area contributed by atoms with E-state index in [0.29, 0.717) is 13.2 Å². The smallest absolute Gasteiger partial charge is 0.226 e. The molecule has 1 saturated heterocycles. The summed E-state index contributed by atoms with van der Waals surface area (Å²) in [5, 5.41) is 3.84. The zero-order chi connectivity index (χ0) is 15.5. The summed E-state index contributed by atoms with van der Waals surface area (Å²) < 4.78 is 11.3. The van der Waals surface area contributed by atoms with E-state index in [1.165, 1.54) is 0 Å². The van der Waals surface area contributed by atoms with Crippen LogP contribution in [-0.4, -0.2) is 51.4 Å². The summed E-state index contributed by atoms with van der Waals surface area (Å²) in [5.41, 5.74) is 0.937. The van der Waals surface area contributed by atoms with Crippen LogP contribution in [0.1, 0.15) is 0 Å². The number of thiazole rings is 1. The third kappa shape index (κ3) is 3.00. The number of methoxy groups -OCH3 is 2. The van der Waals surface area contributed by atoms with Crippen molar-refractivity contribution in [2.75, 3.05) is 45.4 Å². The molecule has 2 aromatic rings. The number of rotatable bonds is 6. The fraction of sp³-hybridized carbons (Fsp3) is 0.467. The Bertz CT molecular complexity index is 667. The number of benzene rings is 1. The summed E-state index contributed by atoms with van der Waals surface area (Å²) in [6, 6.07) is 5.89. The van der Waals surface area contributed by atoms with E-state index in [-0.39, 0.29) is 11.8 Å². The molecule has 3 rings (SSSR count). The van der Waals surface area contributed by atoms with Gasteiger partial charge in [-0.25, -0.2) is 4.98 Å². The first-order valence-corrected chi connectivity index (χ1v) is 7.99. The van der Waals surface area contributed by atoms with Gasteiger partial charge in [0, 0.05) is 32.8 Å². The number of hydrogen-bond acceptors (Lipinski definition) is 6. The molecular weight excluding hydrogens is 302 g/mol. The monoisotopic (exact) mass is 321 g/mol. The molecule has 1 aromatic carbocycles. The quantitative estimate of drug-likeness (QED) is 0.817. The first-order valence-electron chi connectivity index (χ1n) is 7.17. The number of carbonyl (C=O) groups excluding carboxylic acids is 1. The topological polar surface area (TPSA) is 63.7 Å². The molecule has 0 atom stereocenters. The zero-order valence-corrected chi connectivity index (χ0v) is 13.5. The maximum atomic E-state index is 11.9. The summed E-state index contributed by atoms with van der Waals surface area (Å²) in [6.45, 7) is 2.54. The summed E-state index contributed by atoms with van der Waals surface area (Å²) in [6.07, 6.45) is 0. The lowest BCUT2D eigenvalue weighted by molar-refractivity contribution is -0.125. The first-order chi connectivity index (χ1) is 10.7. The predicted molar refractivity (Wildman–Crippen MR) is 86.8 cm³/mol. The molecule has 1 aromatic heterocycles. The summed E-state index contributed by atoms with van der Waals surface area (Å²) in [5.74, 6) is 0.942. The van der Waals surface area contributed by atoms with Crippen LogP contribution >= 0.6 is 11.3 Å². The third-order valence-electron chi connectivity index (χ3n) is 3.71. The SMILES string of the molecule is COCCNC(=O)C1CN(c2nc3cc(OC)ccc3s2)C1. The number of nitrogens with zero attached hydrogens (tertiary/aromatic N) is 2. The van der Waals surface area contributed by atoms with E-state index >= 15 is 0 Å². The minimum absolute atomic E-state index is 0.0402. The van der Waals surface area contributed by atoms with Crippen molar-refractivity contribution in [3.8, 4) is 5.75 Å². The minimum Gasteiger partial charge on any atom is -0.497 e. The van der Waals surface area contributed by atoms with Crippen molar-refractivity contribution in [1.29, 1.82) is 0 Å². The van der Waals surface area contributed by atoms with Gasteiger partial charge in [-0.2, -0.15) is 0 Å². The fourth-order valence-corrected chi connectivity index (χ4v) is 3.34. The number of fused-ring (bicyclic) bond motifs is 1. The Labute approximate surface area is 133 Å². The average molecular weight is 321 g/mol. The Morgan fingerprint density at radius 1 is 1.45 bits per heavy atom. The molecule has 6 nitrogen and oxygen atoms in total. The van der Waals surface area contributed by atoms with Gasteiger partial charge in [-0.3, -0.25) is 4.79 Å². The maximum Gasteiger partial charge on any atom is 0.226 e. The van der Waals surface area contributed by atoms with Gasteiger partial charge in [0.05, 0.1) is 29.9 Å². The van der Waals surface area contributed by atoms with Gasteiger partial charge in [0.25, 0.3) is 0 Å². The lowest BCUT2D eigenvalue weighted by Crippen LogP contribution is -2.54. The van der Waals surface area contributed by atoms with Crippen molar-refractivity contribution < 1.29 is 14.3 Å². The van der Waals surface area contributed by atoms with Gasteiger partial charge in [-0.05, 0) is 12.1 Å². The maximum absolute atomic E-state index is 11.9. The molecule has 0 spiro atoms. The molecule has 1 N–H and O–H groups in total. The number of aromatic nitrogens is 1.